The number of hydrogen-bond donors (Lipinski definition) is 2. The summed E-state index contributed by atoms with van der Waals surface area (Å²) in [5, 5.41) is 10.8. The van der Waals surface area contributed by atoms with Crippen molar-refractivity contribution in [2.75, 3.05) is 39.3 Å². The van der Waals surface area contributed by atoms with Crippen molar-refractivity contribution in [3.05, 3.63) is 18.0 Å². The molecule has 0 aliphatic carbocycles. The van der Waals surface area contributed by atoms with Gasteiger partial charge in [0.15, 0.2) is 0 Å². The molecule has 2 N–H and O–H groups in total. The summed E-state index contributed by atoms with van der Waals surface area (Å²) in [6, 6.07) is 2.05. The number of piperidine rings is 1. The minimum Gasteiger partial charge on any atom is -0.354 e. The molecule has 128 valence electrons. The lowest BCUT2D eigenvalue weighted by Gasteiger charge is -2.23. The fraction of sp³-hybridized carbons (Fsp3) is 0.765. The van der Waals surface area contributed by atoms with E-state index >= 15 is 0 Å². The van der Waals surface area contributed by atoms with E-state index in [1.54, 1.807) is 0 Å². The SMILES string of the molecule is O=C(Cn1nccc1[C@@H]1CCCNC1)NCCCN1CCCC1. The van der Waals surface area contributed by atoms with Crippen molar-refractivity contribution >= 4 is 5.91 Å². The molecular formula is C17H29N5O. The van der Waals surface area contributed by atoms with Crippen LogP contribution in [0.2, 0.25) is 0 Å². The Morgan fingerprint density at radius 2 is 2.22 bits per heavy atom. The second-order valence-corrected chi connectivity index (χ2v) is 6.71. The molecule has 2 fully saturated rings. The van der Waals surface area contributed by atoms with Gasteiger partial charge in [0.25, 0.3) is 0 Å². The highest BCUT2D eigenvalue weighted by Crippen LogP contribution is 2.22. The molecule has 1 aromatic rings. The molecule has 0 spiro atoms. The molecule has 0 unspecified atom stereocenters. The lowest BCUT2D eigenvalue weighted by atomic mass is 9.96. The number of hydrogen-bond acceptors (Lipinski definition) is 4. The van der Waals surface area contributed by atoms with Crippen molar-refractivity contribution in [2.24, 2.45) is 0 Å². The van der Waals surface area contributed by atoms with Gasteiger partial charge in [-0.05, 0) is 64.3 Å². The van der Waals surface area contributed by atoms with Gasteiger partial charge in [0, 0.05) is 30.9 Å². The highest BCUT2D eigenvalue weighted by atomic mass is 16.2. The Morgan fingerprint density at radius 3 is 3.00 bits per heavy atom. The monoisotopic (exact) mass is 319 g/mol. The highest BCUT2D eigenvalue weighted by Gasteiger charge is 2.19. The lowest BCUT2D eigenvalue weighted by molar-refractivity contribution is -0.121. The zero-order valence-corrected chi connectivity index (χ0v) is 14.0. The number of rotatable bonds is 7. The van der Waals surface area contributed by atoms with E-state index in [0.29, 0.717) is 12.5 Å². The summed E-state index contributed by atoms with van der Waals surface area (Å²) >= 11 is 0. The molecule has 1 aromatic heterocycles. The van der Waals surface area contributed by atoms with Gasteiger partial charge >= 0.3 is 0 Å². The molecule has 0 bridgehead atoms. The normalized spacial score (nSPS) is 22.3. The van der Waals surface area contributed by atoms with Crippen molar-refractivity contribution in [1.82, 2.24) is 25.3 Å². The summed E-state index contributed by atoms with van der Waals surface area (Å²) in [6.07, 6.45) is 7.86. The van der Waals surface area contributed by atoms with Crippen LogP contribution in [-0.4, -0.2) is 59.9 Å². The summed E-state index contributed by atoms with van der Waals surface area (Å²) in [7, 11) is 0. The van der Waals surface area contributed by atoms with E-state index in [1.807, 2.05) is 10.9 Å². The minimum absolute atomic E-state index is 0.0696. The van der Waals surface area contributed by atoms with Crippen LogP contribution in [0.5, 0.6) is 0 Å². The summed E-state index contributed by atoms with van der Waals surface area (Å²) < 4.78 is 1.87. The third kappa shape index (κ3) is 4.78. The molecule has 0 aromatic carbocycles. The quantitative estimate of drug-likeness (QED) is 0.735. The molecule has 23 heavy (non-hydrogen) atoms. The maximum atomic E-state index is 12.1. The van der Waals surface area contributed by atoms with E-state index < -0.39 is 0 Å². The Hall–Kier alpha value is -1.40. The van der Waals surface area contributed by atoms with Crippen LogP contribution >= 0.6 is 0 Å². The molecule has 2 aliphatic heterocycles. The Balaban J connectivity index is 1.40. The number of aromatic nitrogens is 2. The number of likely N-dealkylation sites (tertiary alicyclic amines) is 1. The second kappa shape index (κ2) is 8.45. The molecule has 3 rings (SSSR count). The Kier molecular flexibility index (Phi) is 6.05. The van der Waals surface area contributed by atoms with E-state index in [0.717, 1.165) is 32.6 Å². The van der Waals surface area contributed by atoms with E-state index in [9.17, 15) is 4.79 Å². The van der Waals surface area contributed by atoms with E-state index in [4.69, 9.17) is 0 Å². The Bertz CT molecular complexity index is 489. The second-order valence-electron chi connectivity index (χ2n) is 6.71. The number of carbonyl (C=O) groups is 1. The first-order valence-electron chi connectivity index (χ1n) is 9.04. The lowest BCUT2D eigenvalue weighted by Crippen LogP contribution is -2.33. The fourth-order valence-corrected chi connectivity index (χ4v) is 3.65. The van der Waals surface area contributed by atoms with E-state index in [2.05, 4.69) is 26.7 Å². The van der Waals surface area contributed by atoms with Crippen molar-refractivity contribution < 1.29 is 4.79 Å². The van der Waals surface area contributed by atoms with Gasteiger partial charge in [-0.1, -0.05) is 0 Å². The van der Waals surface area contributed by atoms with Crippen molar-refractivity contribution in [2.45, 2.75) is 44.6 Å². The molecule has 2 aliphatic rings. The molecular weight excluding hydrogens is 290 g/mol. The number of carbonyl (C=O) groups excluding carboxylic acids is 1. The van der Waals surface area contributed by atoms with Crippen LogP contribution in [0.25, 0.3) is 0 Å². The standard InChI is InChI=1S/C17H29N5O/c23-17(19-8-4-12-21-10-1-2-11-21)14-22-16(6-9-20-22)15-5-3-7-18-13-15/h6,9,15,18H,1-5,7-8,10-14H2,(H,19,23)/t15-/m1/s1. The van der Waals surface area contributed by atoms with Crippen LogP contribution in [-0.2, 0) is 11.3 Å². The van der Waals surface area contributed by atoms with Crippen molar-refractivity contribution in [1.29, 1.82) is 0 Å². The van der Waals surface area contributed by atoms with Crippen LogP contribution in [0.1, 0.15) is 43.7 Å². The number of nitrogens with zero attached hydrogens (tertiary/aromatic N) is 3. The van der Waals surface area contributed by atoms with Gasteiger partial charge in [0.1, 0.15) is 6.54 Å². The van der Waals surface area contributed by atoms with Gasteiger partial charge in [0.2, 0.25) is 5.91 Å². The Labute approximate surface area is 138 Å². The minimum atomic E-state index is 0.0696. The largest absolute Gasteiger partial charge is 0.354 e. The molecule has 6 heteroatoms. The van der Waals surface area contributed by atoms with Crippen molar-refractivity contribution in [3.8, 4) is 0 Å². The maximum Gasteiger partial charge on any atom is 0.241 e. The zero-order valence-electron chi connectivity index (χ0n) is 14.0. The molecule has 2 saturated heterocycles. The summed E-state index contributed by atoms with van der Waals surface area (Å²) in [6.45, 7) is 6.73. The van der Waals surface area contributed by atoms with Crippen LogP contribution in [0.15, 0.2) is 12.3 Å². The van der Waals surface area contributed by atoms with Gasteiger partial charge in [0.05, 0.1) is 0 Å². The smallest absolute Gasteiger partial charge is 0.241 e. The molecule has 6 nitrogen and oxygen atoms in total. The Morgan fingerprint density at radius 1 is 1.35 bits per heavy atom. The van der Waals surface area contributed by atoms with Crippen LogP contribution in [0.3, 0.4) is 0 Å². The first-order valence-corrected chi connectivity index (χ1v) is 9.04. The van der Waals surface area contributed by atoms with Crippen LogP contribution in [0, 0.1) is 0 Å². The third-order valence-electron chi connectivity index (χ3n) is 4.93. The van der Waals surface area contributed by atoms with E-state index in [-0.39, 0.29) is 5.91 Å². The van der Waals surface area contributed by atoms with Gasteiger partial charge < -0.3 is 15.5 Å². The number of nitrogens with one attached hydrogen (secondary N) is 2. The number of amides is 1. The summed E-state index contributed by atoms with van der Waals surface area (Å²) in [4.78, 5) is 14.6. The molecule has 0 radical (unpaired) electrons. The first-order chi connectivity index (χ1) is 11.3. The predicted octanol–water partition coefficient (Wildman–Crippen LogP) is 0.952. The average Bonchev–Trinajstić information content (AvgIpc) is 3.24. The molecule has 0 saturated carbocycles. The molecule has 1 amide bonds. The topological polar surface area (TPSA) is 62.2 Å². The summed E-state index contributed by atoms with van der Waals surface area (Å²) in [5.74, 6) is 0.550. The highest BCUT2D eigenvalue weighted by molar-refractivity contribution is 5.75. The average molecular weight is 319 g/mol. The van der Waals surface area contributed by atoms with Crippen LogP contribution < -0.4 is 10.6 Å². The van der Waals surface area contributed by atoms with Crippen molar-refractivity contribution in [3.63, 3.8) is 0 Å². The zero-order chi connectivity index (χ0) is 15.9. The van der Waals surface area contributed by atoms with Gasteiger partial charge in [-0.25, -0.2) is 0 Å². The van der Waals surface area contributed by atoms with Gasteiger partial charge in [-0.2, -0.15) is 5.10 Å². The van der Waals surface area contributed by atoms with E-state index in [1.165, 1.54) is 44.5 Å². The van der Waals surface area contributed by atoms with Crippen LogP contribution in [0.4, 0.5) is 0 Å². The first kappa shape index (κ1) is 16.5. The van der Waals surface area contributed by atoms with Gasteiger partial charge in [-0.3, -0.25) is 9.48 Å². The van der Waals surface area contributed by atoms with Gasteiger partial charge in [-0.15, -0.1) is 0 Å². The summed E-state index contributed by atoms with van der Waals surface area (Å²) in [5.41, 5.74) is 1.18. The molecule has 1 atom stereocenters. The maximum absolute atomic E-state index is 12.1. The third-order valence-corrected chi connectivity index (χ3v) is 4.93. The predicted molar refractivity (Wildman–Crippen MR) is 90.4 cm³/mol. The molecule has 3 heterocycles. The fourth-order valence-electron chi connectivity index (χ4n) is 3.65.